The zero-order valence-corrected chi connectivity index (χ0v) is 16.4. The molecule has 0 saturated carbocycles. The van der Waals surface area contributed by atoms with Crippen LogP contribution in [0, 0.1) is 6.92 Å². The lowest BCUT2D eigenvalue weighted by molar-refractivity contribution is 0.601. The Hall–Kier alpha value is -0.570. The molecule has 0 saturated heterocycles. The SMILES string of the molecule is Cc1ccc(NS(=O)(=O)c2c(N)cc(Br)cc2Br)c(Br)c1. The van der Waals surface area contributed by atoms with Crippen LogP contribution < -0.4 is 10.5 Å². The Morgan fingerprint density at radius 2 is 1.71 bits per heavy atom. The van der Waals surface area contributed by atoms with E-state index in [9.17, 15) is 8.42 Å². The molecule has 3 N–H and O–H groups in total. The number of hydrogen-bond donors (Lipinski definition) is 2. The van der Waals surface area contributed by atoms with Crippen LogP contribution in [0.5, 0.6) is 0 Å². The van der Waals surface area contributed by atoms with E-state index in [1.807, 2.05) is 19.1 Å². The first kappa shape index (κ1) is 16.8. The second-order valence-electron chi connectivity index (χ2n) is 4.39. The summed E-state index contributed by atoms with van der Waals surface area (Å²) >= 11 is 9.85. The number of rotatable bonds is 3. The van der Waals surface area contributed by atoms with Crippen LogP contribution in [0.15, 0.2) is 48.6 Å². The van der Waals surface area contributed by atoms with Gasteiger partial charge in [-0.1, -0.05) is 22.0 Å². The Bertz CT molecular complexity index is 784. The van der Waals surface area contributed by atoms with Crippen molar-refractivity contribution in [2.24, 2.45) is 0 Å². The summed E-state index contributed by atoms with van der Waals surface area (Å²) in [4.78, 5) is 0.0122. The molecule has 0 amide bonds. The molecule has 0 radical (unpaired) electrons. The van der Waals surface area contributed by atoms with Crippen molar-refractivity contribution in [2.45, 2.75) is 11.8 Å². The molecular weight excluding hydrogens is 488 g/mol. The Balaban J connectivity index is 2.48. The van der Waals surface area contributed by atoms with Gasteiger partial charge in [-0.15, -0.1) is 0 Å². The van der Waals surface area contributed by atoms with Crippen LogP contribution in [0.1, 0.15) is 5.56 Å². The predicted octanol–water partition coefficient (Wildman–Crippen LogP) is 4.67. The number of nitrogen functional groups attached to an aromatic ring is 1. The van der Waals surface area contributed by atoms with Gasteiger partial charge in [-0.25, -0.2) is 8.42 Å². The van der Waals surface area contributed by atoms with Crippen molar-refractivity contribution >= 4 is 69.2 Å². The molecule has 2 aromatic carbocycles. The fourth-order valence-corrected chi connectivity index (χ4v) is 5.64. The van der Waals surface area contributed by atoms with E-state index in [1.54, 1.807) is 18.2 Å². The Morgan fingerprint density at radius 3 is 2.29 bits per heavy atom. The van der Waals surface area contributed by atoms with Crippen molar-refractivity contribution < 1.29 is 8.42 Å². The molecule has 2 aromatic rings. The minimum absolute atomic E-state index is 0.0122. The second kappa shape index (κ2) is 6.28. The third-order valence-corrected chi connectivity index (χ3v) is 6.16. The van der Waals surface area contributed by atoms with E-state index in [4.69, 9.17) is 5.73 Å². The highest BCUT2D eigenvalue weighted by Crippen LogP contribution is 2.34. The molecule has 0 atom stereocenters. The fourth-order valence-electron chi connectivity index (χ4n) is 1.76. The number of nitrogens with two attached hydrogens (primary N) is 1. The molecular formula is C13H11Br3N2O2S. The zero-order chi connectivity index (χ0) is 15.8. The van der Waals surface area contributed by atoms with Gasteiger partial charge in [0.1, 0.15) is 4.90 Å². The zero-order valence-electron chi connectivity index (χ0n) is 10.8. The minimum Gasteiger partial charge on any atom is -0.398 e. The normalized spacial score (nSPS) is 11.4. The van der Waals surface area contributed by atoms with E-state index in [0.29, 0.717) is 19.1 Å². The summed E-state index contributed by atoms with van der Waals surface area (Å²) in [6, 6.07) is 8.53. The monoisotopic (exact) mass is 496 g/mol. The number of hydrogen-bond acceptors (Lipinski definition) is 3. The van der Waals surface area contributed by atoms with Gasteiger partial charge in [0.25, 0.3) is 10.0 Å². The third kappa shape index (κ3) is 3.80. The molecule has 4 nitrogen and oxygen atoms in total. The standard InChI is InChI=1S/C13H11Br3N2O2S/c1-7-2-3-12(9(15)4-7)18-21(19,20)13-10(16)5-8(14)6-11(13)17/h2-6,18H,17H2,1H3. The molecule has 112 valence electrons. The average molecular weight is 499 g/mol. The molecule has 0 aliphatic rings. The number of sulfonamides is 1. The smallest absolute Gasteiger partial charge is 0.265 e. The van der Waals surface area contributed by atoms with Crippen molar-refractivity contribution in [3.63, 3.8) is 0 Å². The van der Waals surface area contributed by atoms with Crippen LogP contribution in [-0.2, 0) is 10.0 Å². The molecule has 8 heteroatoms. The summed E-state index contributed by atoms with van der Waals surface area (Å²) in [6.45, 7) is 1.92. The topological polar surface area (TPSA) is 72.2 Å². The molecule has 2 rings (SSSR count). The molecule has 0 aromatic heterocycles. The van der Waals surface area contributed by atoms with Gasteiger partial charge in [0, 0.05) is 13.4 Å². The molecule has 0 aliphatic heterocycles. The van der Waals surface area contributed by atoms with Crippen molar-refractivity contribution in [3.8, 4) is 0 Å². The summed E-state index contributed by atoms with van der Waals surface area (Å²) in [7, 11) is -3.80. The average Bonchev–Trinajstić information content (AvgIpc) is 2.30. The number of halogens is 3. The maximum Gasteiger partial charge on any atom is 0.265 e. The van der Waals surface area contributed by atoms with Crippen LogP contribution >= 0.6 is 47.8 Å². The Labute approximate surface area is 148 Å². The first-order valence-electron chi connectivity index (χ1n) is 5.74. The van der Waals surface area contributed by atoms with Crippen molar-refractivity contribution in [2.75, 3.05) is 10.5 Å². The van der Waals surface area contributed by atoms with Gasteiger partial charge >= 0.3 is 0 Å². The highest BCUT2D eigenvalue weighted by molar-refractivity contribution is 9.11. The van der Waals surface area contributed by atoms with Gasteiger partial charge in [0.2, 0.25) is 0 Å². The fraction of sp³-hybridized carbons (Fsp3) is 0.0769. The van der Waals surface area contributed by atoms with Crippen LogP contribution in [0.2, 0.25) is 0 Å². The van der Waals surface area contributed by atoms with E-state index in [0.717, 1.165) is 5.56 Å². The van der Waals surface area contributed by atoms with Crippen LogP contribution in [0.4, 0.5) is 11.4 Å². The molecule has 0 spiro atoms. The summed E-state index contributed by atoms with van der Waals surface area (Å²) in [5.41, 5.74) is 7.47. The van der Waals surface area contributed by atoms with Gasteiger partial charge < -0.3 is 5.73 Å². The van der Waals surface area contributed by atoms with Crippen LogP contribution in [0.25, 0.3) is 0 Å². The molecule has 21 heavy (non-hydrogen) atoms. The minimum atomic E-state index is -3.80. The maximum absolute atomic E-state index is 12.5. The molecule has 0 heterocycles. The largest absolute Gasteiger partial charge is 0.398 e. The second-order valence-corrected chi connectivity index (χ2v) is 8.64. The van der Waals surface area contributed by atoms with Crippen molar-refractivity contribution in [3.05, 3.63) is 49.3 Å². The molecule has 0 bridgehead atoms. The predicted molar refractivity (Wildman–Crippen MR) is 95.9 cm³/mol. The molecule has 0 unspecified atom stereocenters. The van der Waals surface area contributed by atoms with Gasteiger partial charge in [0.05, 0.1) is 11.4 Å². The van der Waals surface area contributed by atoms with Gasteiger partial charge in [0.15, 0.2) is 0 Å². The number of benzene rings is 2. The van der Waals surface area contributed by atoms with Gasteiger partial charge in [-0.3, -0.25) is 4.72 Å². The Morgan fingerprint density at radius 1 is 1.05 bits per heavy atom. The van der Waals surface area contributed by atoms with Crippen LogP contribution in [-0.4, -0.2) is 8.42 Å². The summed E-state index contributed by atoms with van der Waals surface area (Å²) in [5.74, 6) is 0. The number of aryl methyl sites for hydroxylation is 1. The van der Waals surface area contributed by atoms with Gasteiger partial charge in [-0.2, -0.15) is 0 Å². The van der Waals surface area contributed by atoms with Crippen LogP contribution in [0.3, 0.4) is 0 Å². The lowest BCUT2D eigenvalue weighted by Crippen LogP contribution is -2.16. The van der Waals surface area contributed by atoms with E-state index < -0.39 is 10.0 Å². The first-order chi connectivity index (χ1) is 9.70. The van der Waals surface area contributed by atoms with Crippen molar-refractivity contribution in [1.82, 2.24) is 0 Å². The lowest BCUT2D eigenvalue weighted by Gasteiger charge is -2.13. The number of anilines is 2. The van der Waals surface area contributed by atoms with Gasteiger partial charge in [-0.05, 0) is 68.6 Å². The summed E-state index contributed by atoms with van der Waals surface area (Å²) in [6.07, 6.45) is 0. The van der Waals surface area contributed by atoms with E-state index in [1.165, 1.54) is 0 Å². The first-order valence-corrected chi connectivity index (χ1v) is 9.60. The molecule has 0 aliphatic carbocycles. The van der Waals surface area contributed by atoms with E-state index in [-0.39, 0.29) is 10.6 Å². The maximum atomic E-state index is 12.5. The lowest BCUT2D eigenvalue weighted by atomic mass is 10.2. The third-order valence-electron chi connectivity index (χ3n) is 2.67. The summed E-state index contributed by atoms with van der Waals surface area (Å²) < 4.78 is 29.4. The quantitative estimate of drug-likeness (QED) is 0.604. The van der Waals surface area contributed by atoms with Crippen molar-refractivity contribution in [1.29, 1.82) is 0 Å². The van der Waals surface area contributed by atoms with E-state index in [2.05, 4.69) is 52.5 Å². The summed E-state index contributed by atoms with van der Waals surface area (Å²) in [5, 5.41) is 0. The highest BCUT2D eigenvalue weighted by Gasteiger charge is 2.22. The number of nitrogens with one attached hydrogen (secondary N) is 1. The Kier molecular flexibility index (Phi) is 5.02. The van der Waals surface area contributed by atoms with E-state index >= 15 is 0 Å². The molecule has 0 fully saturated rings. The highest BCUT2D eigenvalue weighted by atomic mass is 79.9.